The van der Waals surface area contributed by atoms with Crippen molar-refractivity contribution in [2.45, 2.75) is 0 Å². The molecule has 0 aromatic heterocycles. The van der Waals surface area contributed by atoms with Gasteiger partial charge in [0.2, 0.25) is 5.12 Å². The summed E-state index contributed by atoms with van der Waals surface area (Å²) in [5.74, 6) is 0.770. The summed E-state index contributed by atoms with van der Waals surface area (Å²) in [6, 6.07) is 9.95. The van der Waals surface area contributed by atoms with Crippen LogP contribution in [0.2, 0.25) is 0 Å². The Morgan fingerprint density at radius 1 is 1.32 bits per heavy atom. The number of carbonyl (C=O) groups excluding carboxylic acids is 1. The predicted molar refractivity (Wildman–Crippen MR) is 86.2 cm³/mol. The maximum atomic E-state index is 11.7. The van der Waals surface area contributed by atoms with Gasteiger partial charge in [-0.15, -0.1) is 6.58 Å². The second kappa shape index (κ2) is 7.16. The molecule has 0 atom stereocenters. The van der Waals surface area contributed by atoms with E-state index in [0.717, 1.165) is 15.7 Å². The average Bonchev–Trinajstić information content (AvgIpc) is 2.78. The lowest BCUT2D eigenvalue weighted by Crippen LogP contribution is -1.87. The number of aliphatic imine (C=N–C) groups is 1. The van der Waals surface area contributed by atoms with Crippen molar-refractivity contribution < 1.29 is 4.79 Å². The van der Waals surface area contributed by atoms with Crippen LogP contribution in [0.25, 0.3) is 6.08 Å². The van der Waals surface area contributed by atoms with Gasteiger partial charge in [-0.3, -0.25) is 4.79 Å². The summed E-state index contributed by atoms with van der Waals surface area (Å²) in [4.78, 5) is 16.0. The van der Waals surface area contributed by atoms with Gasteiger partial charge >= 0.3 is 0 Å². The van der Waals surface area contributed by atoms with E-state index in [0.29, 0.717) is 5.70 Å². The van der Waals surface area contributed by atoms with E-state index < -0.39 is 0 Å². The predicted octanol–water partition coefficient (Wildman–Crippen LogP) is 4.13. The normalized spacial score (nSPS) is 17.2. The summed E-state index contributed by atoms with van der Waals surface area (Å²) in [7, 11) is 0. The fourth-order valence-electron chi connectivity index (χ4n) is 1.41. The Balaban J connectivity index is 2.03. The summed E-state index contributed by atoms with van der Waals surface area (Å²) in [5.41, 5.74) is 1.60. The van der Waals surface area contributed by atoms with E-state index in [-0.39, 0.29) is 5.12 Å². The highest BCUT2D eigenvalue weighted by atomic mass is 32.2. The highest BCUT2D eigenvalue weighted by Gasteiger charge is 2.21. The lowest BCUT2D eigenvalue weighted by Gasteiger charge is -1.90. The number of thioether (sulfide) groups is 2. The van der Waals surface area contributed by atoms with Crippen molar-refractivity contribution in [2.24, 2.45) is 4.99 Å². The number of carbonyl (C=O) groups is 1. The van der Waals surface area contributed by atoms with Gasteiger partial charge in [0.15, 0.2) is 0 Å². The molecule has 2 rings (SSSR count). The minimum atomic E-state index is 0.00396. The van der Waals surface area contributed by atoms with E-state index in [1.165, 1.54) is 23.5 Å². The van der Waals surface area contributed by atoms with Gasteiger partial charge in [-0.2, -0.15) is 0 Å². The molecule has 0 saturated heterocycles. The third-order valence-corrected chi connectivity index (χ3v) is 4.27. The van der Waals surface area contributed by atoms with Gasteiger partial charge in [-0.05, 0) is 23.4 Å². The van der Waals surface area contributed by atoms with Gasteiger partial charge < -0.3 is 0 Å². The number of allylic oxidation sites excluding steroid dienone is 2. The first-order valence-corrected chi connectivity index (χ1v) is 7.58. The van der Waals surface area contributed by atoms with Crippen molar-refractivity contribution >= 4 is 39.1 Å². The van der Waals surface area contributed by atoms with Crippen LogP contribution in [0.15, 0.2) is 65.8 Å². The Morgan fingerprint density at radius 3 is 2.84 bits per heavy atom. The third-order valence-electron chi connectivity index (χ3n) is 2.27. The second-order valence-corrected chi connectivity index (χ2v) is 5.92. The number of hydrogen-bond acceptors (Lipinski definition) is 4. The molecule has 0 amide bonds. The van der Waals surface area contributed by atoms with Crippen LogP contribution in [0, 0.1) is 0 Å². The lowest BCUT2D eigenvalue weighted by atomic mass is 10.2. The molecule has 1 aromatic carbocycles. The molecule has 0 bridgehead atoms. The van der Waals surface area contributed by atoms with Crippen molar-refractivity contribution in [1.29, 1.82) is 0 Å². The first-order valence-electron chi connectivity index (χ1n) is 5.77. The SMILES string of the molecule is C=CCSC1=N/C(=C/C=C\c2ccccc2)C(=O)S1. The minimum Gasteiger partial charge on any atom is -0.279 e. The number of hydrogen-bond donors (Lipinski definition) is 0. The molecular formula is C15H13NOS2. The molecule has 4 heteroatoms. The van der Waals surface area contributed by atoms with Gasteiger partial charge in [-0.1, -0.05) is 60.3 Å². The standard InChI is InChI=1S/C15H13NOS2/c1-2-11-18-15-16-13(14(17)19-15)10-6-9-12-7-4-3-5-8-12/h2-10H,1,11H2/b9-6-,13-10+. The monoisotopic (exact) mass is 287 g/mol. The fourth-order valence-corrected chi connectivity index (χ4v) is 3.02. The molecule has 2 nitrogen and oxygen atoms in total. The Morgan fingerprint density at radius 2 is 2.11 bits per heavy atom. The van der Waals surface area contributed by atoms with Crippen LogP contribution < -0.4 is 0 Å². The Bertz CT molecular complexity index is 559. The van der Waals surface area contributed by atoms with Gasteiger partial charge in [0.05, 0.1) is 0 Å². The topological polar surface area (TPSA) is 29.4 Å². The van der Waals surface area contributed by atoms with E-state index in [1.54, 1.807) is 12.2 Å². The number of nitrogens with zero attached hydrogens (tertiary/aromatic N) is 1. The van der Waals surface area contributed by atoms with Crippen molar-refractivity contribution in [2.75, 3.05) is 5.75 Å². The van der Waals surface area contributed by atoms with Gasteiger partial charge in [-0.25, -0.2) is 4.99 Å². The van der Waals surface area contributed by atoms with E-state index >= 15 is 0 Å². The quantitative estimate of drug-likeness (QED) is 0.616. The molecule has 0 fully saturated rings. The van der Waals surface area contributed by atoms with Crippen LogP contribution in [0.3, 0.4) is 0 Å². The summed E-state index contributed by atoms with van der Waals surface area (Å²) in [5, 5.41) is 0.00396. The zero-order valence-corrected chi connectivity index (χ0v) is 11.9. The molecule has 1 heterocycles. The maximum Gasteiger partial charge on any atom is 0.244 e. The molecule has 0 unspecified atom stereocenters. The fraction of sp³-hybridized carbons (Fsp3) is 0.0667. The number of benzene rings is 1. The van der Waals surface area contributed by atoms with E-state index in [4.69, 9.17) is 0 Å². The van der Waals surface area contributed by atoms with Crippen molar-refractivity contribution in [3.8, 4) is 0 Å². The molecule has 96 valence electrons. The molecule has 1 aliphatic heterocycles. The van der Waals surface area contributed by atoms with E-state index in [1.807, 2.05) is 42.5 Å². The molecule has 1 aromatic rings. The summed E-state index contributed by atoms with van der Waals surface area (Å²) >= 11 is 2.71. The Hall–Kier alpha value is -1.52. The van der Waals surface area contributed by atoms with Crippen molar-refractivity contribution in [3.63, 3.8) is 0 Å². The molecule has 0 saturated carbocycles. The van der Waals surface area contributed by atoms with Gasteiger partial charge in [0, 0.05) is 5.75 Å². The Kier molecular flexibility index (Phi) is 5.24. The van der Waals surface area contributed by atoms with E-state index in [2.05, 4.69) is 11.6 Å². The first kappa shape index (κ1) is 13.9. The second-order valence-electron chi connectivity index (χ2n) is 3.69. The van der Waals surface area contributed by atoms with Crippen LogP contribution in [0.4, 0.5) is 0 Å². The number of rotatable bonds is 4. The van der Waals surface area contributed by atoms with Crippen molar-refractivity contribution in [1.82, 2.24) is 0 Å². The molecule has 1 aliphatic rings. The summed E-state index contributed by atoms with van der Waals surface area (Å²) < 4.78 is 0.796. The molecule has 19 heavy (non-hydrogen) atoms. The highest BCUT2D eigenvalue weighted by Crippen LogP contribution is 2.29. The van der Waals surface area contributed by atoms with Crippen LogP contribution in [-0.2, 0) is 4.79 Å². The average molecular weight is 287 g/mol. The van der Waals surface area contributed by atoms with Gasteiger partial charge in [0.25, 0.3) is 0 Å². The largest absolute Gasteiger partial charge is 0.279 e. The maximum absolute atomic E-state index is 11.7. The molecular weight excluding hydrogens is 274 g/mol. The zero-order chi connectivity index (χ0) is 13.5. The smallest absolute Gasteiger partial charge is 0.244 e. The van der Waals surface area contributed by atoms with Crippen LogP contribution in [-0.4, -0.2) is 15.2 Å². The highest BCUT2D eigenvalue weighted by molar-refractivity contribution is 8.45. The minimum absolute atomic E-state index is 0.00396. The molecule has 0 radical (unpaired) electrons. The lowest BCUT2D eigenvalue weighted by molar-refractivity contribution is -0.107. The molecule has 0 N–H and O–H groups in total. The van der Waals surface area contributed by atoms with Crippen LogP contribution in [0.1, 0.15) is 5.56 Å². The van der Waals surface area contributed by atoms with E-state index in [9.17, 15) is 4.79 Å². The Labute approximate surface area is 121 Å². The summed E-state index contributed by atoms with van der Waals surface area (Å²) in [6.45, 7) is 3.65. The first-order chi connectivity index (χ1) is 9.29. The zero-order valence-electron chi connectivity index (χ0n) is 10.3. The molecule has 0 spiro atoms. The summed E-state index contributed by atoms with van der Waals surface area (Å²) in [6.07, 6.45) is 7.36. The van der Waals surface area contributed by atoms with Gasteiger partial charge in [0.1, 0.15) is 10.1 Å². The van der Waals surface area contributed by atoms with Crippen LogP contribution >= 0.6 is 23.5 Å². The van der Waals surface area contributed by atoms with Crippen LogP contribution in [0.5, 0.6) is 0 Å². The third kappa shape index (κ3) is 4.26. The van der Waals surface area contributed by atoms with Crippen molar-refractivity contribution in [3.05, 3.63) is 66.4 Å². The molecule has 0 aliphatic carbocycles.